The predicted octanol–water partition coefficient (Wildman–Crippen LogP) is 4.11. The molecule has 7 nitrogen and oxygen atoms in total. The SMILES string of the molecule is CCCCC(NC(=O)OCC1c2ccccc2-c2ccccc21)C(=O)N1CCSCC1C(=O)O. The van der Waals surface area contributed by atoms with Gasteiger partial charge in [0.25, 0.3) is 0 Å². The van der Waals surface area contributed by atoms with Crippen molar-refractivity contribution in [1.29, 1.82) is 0 Å². The fraction of sp³-hybridized carbons (Fsp3) is 0.423. The Hall–Kier alpha value is -3.00. The molecule has 0 saturated carbocycles. The fourth-order valence-electron chi connectivity index (χ4n) is 4.72. The van der Waals surface area contributed by atoms with Crippen LogP contribution in [0.25, 0.3) is 11.1 Å². The number of hydrogen-bond donors (Lipinski definition) is 2. The van der Waals surface area contributed by atoms with E-state index in [-0.39, 0.29) is 18.4 Å². The van der Waals surface area contributed by atoms with Crippen LogP contribution in [0.1, 0.15) is 43.2 Å². The lowest BCUT2D eigenvalue weighted by Crippen LogP contribution is -2.57. The van der Waals surface area contributed by atoms with E-state index in [1.807, 2.05) is 31.2 Å². The zero-order valence-electron chi connectivity index (χ0n) is 19.2. The van der Waals surface area contributed by atoms with Crippen LogP contribution in [0.5, 0.6) is 0 Å². The van der Waals surface area contributed by atoms with Gasteiger partial charge in [-0.05, 0) is 28.7 Å². The van der Waals surface area contributed by atoms with Gasteiger partial charge in [0.05, 0.1) is 0 Å². The average Bonchev–Trinajstić information content (AvgIpc) is 3.18. The lowest BCUT2D eigenvalue weighted by atomic mass is 9.98. The Morgan fingerprint density at radius 3 is 2.38 bits per heavy atom. The van der Waals surface area contributed by atoms with Crippen molar-refractivity contribution >= 4 is 29.7 Å². The molecule has 180 valence electrons. The summed E-state index contributed by atoms with van der Waals surface area (Å²) in [5.41, 5.74) is 4.52. The highest BCUT2D eigenvalue weighted by Gasteiger charge is 2.36. The number of carboxylic acids is 1. The van der Waals surface area contributed by atoms with Crippen LogP contribution >= 0.6 is 11.8 Å². The number of ether oxygens (including phenoxy) is 1. The van der Waals surface area contributed by atoms with Crippen molar-refractivity contribution < 1.29 is 24.2 Å². The predicted molar refractivity (Wildman–Crippen MR) is 132 cm³/mol. The fourth-order valence-corrected chi connectivity index (χ4v) is 5.76. The molecule has 0 aromatic heterocycles. The summed E-state index contributed by atoms with van der Waals surface area (Å²) in [6.07, 6.45) is 1.37. The van der Waals surface area contributed by atoms with Gasteiger partial charge in [-0.15, -0.1) is 0 Å². The van der Waals surface area contributed by atoms with Crippen molar-refractivity contribution in [2.45, 2.75) is 44.2 Å². The maximum atomic E-state index is 13.2. The Kier molecular flexibility index (Phi) is 7.77. The van der Waals surface area contributed by atoms with Gasteiger partial charge in [-0.3, -0.25) is 4.79 Å². The first-order valence-corrected chi connectivity index (χ1v) is 12.9. The van der Waals surface area contributed by atoms with Crippen LogP contribution in [-0.2, 0) is 14.3 Å². The Bertz CT molecular complexity index is 1010. The minimum absolute atomic E-state index is 0.0709. The highest BCUT2D eigenvalue weighted by Crippen LogP contribution is 2.44. The molecule has 2 amide bonds. The van der Waals surface area contributed by atoms with Crippen LogP contribution in [0, 0.1) is 0 Å². The molecule has 0 spiro atoms. The molecule has 1 saturated heterocycles. The molecule has 0 bridgehead atoms. The van der Waals surface area contributed by atoms with Gasteiger partial charge in [0.2, 0.25) is 5.91 Å². The molecular weight excluding hydrogens is 452 g/mol. The molecule has 1 aliphatic carbocycles. The number of aliphatic carboxylic acids is 1. The number of carbonyl (C=O) groups excluding carboxylic acids is 2. The van der Waals surface area contributed by atoms with E-state index in [2.05, 4.69) is 29.6 Å². The standard InChI is InChI=1S/C26H30N2O5S/c1-2-3-12-22(24(29)28-13-14-34-16-23(28)25(30)31)27-26(32)33-15-21-19-10-6-4-8-17(19)18-9-5-7-11-20(18)21/h4-11,21-23H,2-3,12-16H2,1H3,(H,27,32)(H,30,31). The average molecular weight is 483 g/mol. The van der Waals surface area contributed by atoms with Crippen LogP contribution < -0.4 is 5.32 Å². The summed E-state index contributed by atoms with van der Waals surface area (Å²) in [6.45, 7) is 2.52. The Morgan fingerprint density at radius 2 is 1.76 bits per heavy atom. The van der Waals surface area contributed by atoms with Gasteiger partial charge in [-0.2, -0.15) is 11.8 Å². The minimum atomic E-state index is -1.02. The zero-order chi connectivity index (χ0) is 24.1. The van der Waals surface area contributed by atoms with Crippen molar-refractivity contribution in [2.24, 2.45) is 0 Å². The van der Waals surface area contributed by atoms with Crippen LogP contribution in [0.2, 0.25) is 0 Å². The highest BCUT2D eigenvalue weighted by molar-refractivity contribution is 7.99. The normalized spacial score (nSPS) is 18.0. The van der Waals surface area contributed by atoms with Crippen molar-refractivity contribution in [3.05, 3.63) is 59.7 Å². The summed E-state index contributed by atoms with van der Waals surface area (Å²) in [5.74, 6) is -0.406. The molecule has 8 heteroatoms. The first-order chi connectivity index (χ1) is 16.5. The van der Waals surface area contributed by atoms with Crippen LogP contribution in [-0.4, -0.2) is 64.7 Å². The number of thioether (sulfide) groups is 1. The zero-order valence-corrected chi connectivity index (χ0v) is 20.1. The van der Waals surface area contributed by atoms with E-state index in [0.29, 0.717) is 24.5 Å². The summed E-state index contributed by atoms with van der Waals surface area (Å²) in [4.78, 5) is 39.1. The maximum Gasteiger partial charge on any atom is 0.407 e. The molecule has 34 heavy (non-hydrogen) atoms. The molecule has 2 unspecified atom stereocenters. The number of carbonyl (C=O) groups is 3. The van der Waals surface area contributed by atoms with E-state index in [1.165, 1.54) is 16.7 Å². The number of carboxylic acid groups (broad SMARTS) is 1. The van der Waals surface area contributed by atoms with Gasteiger partial charge >= 0.3 is 12.1 Å². The van der Waals surface area contributed by atoms with Gasteiger partial charge in [0.1, 0.15) is 18.7 Å². The Morgan fingerprint density at radius 1 is 1.12 bits per heavy atom. The first kappa shape index (κ1) is 24.1. The monoisotopic (exact) mass is 482 g/mol. The summed E-state index contributed by atoms with van der Waals surface area (Å²) in [6, 6.07) is 14.5. The summed E-state index contributed by atoms with van der Waals surface area (Å²) < 4.78 is 5.62. The molecule has 2 aromatic carbocycles. The molecule has 1 fully saturated rings. The number of unbranched alkanes of at least 4 members (excludes halogenated alkanes) is 1. The Labute approximate surface area is 203 Å². The molecule has 0 radical (unpaired) electrons. The number of fused-ring (bicyclic) bond motifs is 3. The second kappa shape index (κ2) is 11.0. The molecule has 1 aliphatic heterocycles. The number of benzene rings is 2. The van der Waals surface area contributed by atoms with Crippen molar-refractivity contribution in [3.8, 4) is 11.1 Å². The molecule has 2 N–H and O–H groups in total. The first-order valence-electron chi connectivity index (χ1n) is 11.7. The highest BCUT2D eigenvalue weighted by atomic mass is 32.2. The summed E-state index contributed by atoms with van der Waals surface area (Å²) >= 11 is 1.52. The van der Waals surface area contributed by atoms with E-state index >= 15 is 0 Å². The number of nitrogens with zero attached hydrogens (tertiary/aromatic N) is 1. The summed E-state index contributed by atoms with van der Waals surface area (Å²) in [7, 11) is 0. The van der Waals surface area contributed by atoms with Crippen molar-refractivity contribution in [1.82, 2.24) is 10.2 Å². The molecular formula is C26H30N2O5S. The largest absolute Gasteiger partial charge is 0.480 e. The minimum Gasteiger partial charge on any atom is -0.480 e. The summed E-state index contributed by atoms with van der Waals surface area (Å²) in [5, 5.41) is 12.3. The van der Waals surface area contributed by atoms with E-state index < -0.39 is 24.1 Å². The second-order valence-corrected chi connectivity index (χ2v) is 9.78. The molecule has 2 aromatic rings. The smallest absolute Gasteiger partial charge is 0.407 e. The maximum absolute atomic E-state index is 13.2. The lowest BCUT2D eigenvalue weighted by molar-refractivity contribution is -0.150. The second-order valence-electron chi connectivity index (χ2n) is 8.63. The van der Waals surface area contributed by atoms with Gasteiger partial charge < -0.3 is 20.1 Å². The van der Waals surface area contributed by atoms with E-state index in [4.69, 9.17) is 4.74 Å². The molecule has 4 rings (SSSR count). The third-order valence-corrected chi connectivity index (χ3v) is 7.50. The third-order valence-electron chi connectivity index (χ3n) is 6.48. The van der Waals surface area contributed by atoms with E-state index in [9.17, 15) is 19.5 Å². The van der Waals surface area contributed by atoms with Gasteiger partial charge in [-0.1, -0.05) is 68.3 Å². The third kappa shape index (κ3) is 5.06. The number of rotatable bonds is 8. The number of nitrogens with one attached hydrogen (secondary N) is 1. The van der Waals surface area contributed by atoms with E-state index in [0.717, 1.165) is 35.1 Å². The number of hydrogen-bond acceptors (Lipinski definition) is 5. The van der Waals surface area contributed by atoms with Crippen molar-refractivity contribution in [3.63, 3.8) is 0 Å². The van der Waals surface area contributed by atoms with Crippen LogP contribution in [0.3, 0.4) is 0 Å². The van der Waals surface area contributed by atoms with Gasteiger partial charge in [0.15, 0.2) is 0 Å². The topological polar surface area (TPSA) is 95.9 Å². The van der Waals surface area contributed by atoms with Crippen LogP contribution in [0.4, 0.5) is 4.79 Å². The molecule has 2 atom stereocenters. The van der Waals surface area contributed by atoms with Crippen LogP contribution in [0.15, 0.2) is 48.5 Å². The van der Waals surface area contributed by atoms with Gasteiger partial charge in [-0.25, -0.2) is 9.59 Å². The molecule has 1 heterocycles. The Balaban J connectivity index is 1.44. The number of amides is 2. The quantitative estimate of drug-likeness (QED) is 0.588. The number of alkyl carbamates (subject to hydrolysis) is 1. The molecule has 2 aliphatic rings. The van der Waals surface area contributed by atoms with Crippen molar-refractivity contribution in [2.75, 3.05) is 24.7 Å². The lowest BCUT2D eigenvalue weighted by Gasteiger charge is -2.35. The van der Waals surface area contributed by atoms with Gasteiger partial charge in [0, 0.05) is 24.0 Å². The van der Waals surface area contributed by atoms with E-state index in [1.54, 1.807) is 0 Å².